The summed E-state index contributed by atoms with van der Waals surface area (Å²) >= 11 is 0. The summed E-state index contributed by atoms with van der Waals surface area (Å²) in [5.41, 5.74) is 7.51. The van der Waals surface area contributed by atoms with Crippen LogP contribution in [-0.2, 0) is 14.4 Å². The molecule has 134 valence electrons. The van der Waals surface area contributed by atoms with E-state index in [1.165, 1.54) is 5.56 Å². The van der Waals surface area contributed by atoms with Gasteiger partial charge in [0, 0.05) is 25.2 Å². The van der Waals surface area contributed by atoms with E-state index in [9.17, 15) is 14.4 Å². The summed E-state index contributed by atoms with van der Waals surface area (Å²) in [5.74, 6) is -0.0806. The quantitative estimate of drug-likeness (QED) is 0.693. The summed E-state index contributed by atoms with van der Waals surface area (Å²) in [6, 6.07) is 7.67. The summed E-state index contributed by atoms with van der Waals surface area (Å²) in [5, 5.41) is 5.58. The van der Waals surface area contributed by atoms with Crippen LogP contribution in [0.5, 0.6) is 0 Å². The van der Waals surface area contributed by atoms with Gasteiger partial charge in [0.2, 0.25) is 17.7 Å². The van der Waals surface area contributed by atoms with E-state index in [0.717, 1.165) is 31.6 Å². The highest BCUT2D eigenvalue weighted by Gasteiger charge is 2.27. The Balaban J connectivity index is 1.61. The number of benzene rings is 1. The molecule has 0 spiro atoms. The van der Waals surface area contributed by atoms with Crippen molar-refractivity contribution in [3.63, 3.8) is 0 Å². The molecule has 7 nitrogen and oxygen atoms in total. The molecule has 1 atom stereocenters. The number of piperidine rings is 2. The first kappa shape index (κ1) is 17.4. The lowest BCUT2D eigenvalue weighted by Gasteiger charge is -2.32. The van der Waals surface area contributed by atoms with Crippen LogP contribution in [0.4, 0.5) is 5.69 Å². The standard InChI is InChI=1S/C18H24N4O3/c19-11-17(24)22-8-6-12(7-9-22)13-2-1-3-14(10-13)20-15-4-5-16(23)21-18(15)25/h1-3,10,12,15,20H,4-9,11,19H2,(H,21,23,25). The Hall–Kier alpha value is -2.41. The molecule has 3 rings (SSSR count). The summed E-state index contributed by atoms with van der Waals surface area (Å²) in [6.07, 6.45) is 2.69. The van der Waals surface area contributed by atoms with Crippen LogP contribution in [0.2, 0.25) is 0 Å². The Bertz CT molecular complexity index is 668. The van der Waals surface area contributed by atoms with Gasteiger partial charge >= 0.3 is 0 Å². The number of likely N-dealkylation sites (tertiary alicyclic amines) is 1. The second kappa shape index (κ2) is 7.65. The topological polar surface area (TPSA) is 105 Å². The molecule has 7 heteroatoms. The average Bonchev–Trinajstić information content (AvgIpc) is 2.64. The van der Waals surface area contributed by atoms with E-state index in [1.807, 2.05) is 17.0 Å². The average molecular weight is 344 g/mol. The number of nitrogens with two attached hydrogens (primary N) is 1. The number of nitrogens with zero attached hydrogens (tertiary/aromatic N) is 1. The molecule has 2 fully saturated rings. The van der Waals surface area contributed by atoms with Crippen molar-refractivity contribution >= 4 is 23.4 Å². The summed E-state index contributed by atoms with van der Waals surface area (Å²) in [4.78, 5) is 36.6. The Kier molecular flexibility index (Phi) is 5.33. The van der Waals surface area contributed by atoms with Gasteiger partial charge in [-0.1, -0.05) is 12.1 Å². The highest BCUT2D eigenvalue weighted by molar-refractivity contribution is 6.01. The van der Waals surface area contributed by atoms with Crippen molar-refractivity contribution in [2.45, 2.75) is 37.6 Å². The van der Waals surface area contributed by atoms with Crippen molar-refractivity contribution < 1.29 is 14.4 Å². The fourth-order valence-corrected chi connectivity index (χ4v) is 3.51. The third-order valence-corrected chi connectivity index (χ3v) is 4.96. The number of rotatable bonds is 4. The molecule has 4 N–H and O–H groups in total. The number of nitrogens with one attached hydrogen (secondary N) is 2. The number of hydrogen-bond acceptors (Lipinski definition) is 5. The molecule has 0 aromatic heterocycles. The minimum absolute atomic E-state index is 0.00623. The summed E-state index contributed by atoms with van der Waals surface area (Å²) in [6.45, 7) is 1.52. The fraction of sp³-hybridized carbons (Fsp3) is 0.500. The lowest BCUT2D eigenvalue weighted by Crippen LogP contribution is -2.47. The monoisotopic (exact) mass is 344 g/mol. The number of carbonyl (C=O) groups is 3. The molecule has 1 aromatic rings. The molecule has 3 amide bonds. The fourth-order valence-electron chi connectivity index (χ4n) is 3.51. The van der Waals surface area contributed by atoms with Gasteiger partial charge in [0.1, 0.15) is 6.04 Å². The van der Waals surface area contributed by atoms with Crippen LogP contribution in [0.3, 0.4) is 0 Å². The van der Waals surface area contributed by atoms with Crippen LogP contribution in [0.15, 0.2) is 24.3 Å². The number of anilines is 1. The first-order valence-corrected chi connectivity index (χ1v) is 8.75. The lowest BCUT2D eigenvalue weighted by molar-refractivity contribution is -0.134. The molecule has 1 unspecified atom stereocenters. The van der Waals surface area contributed by atoms with Crippen molar-refractivity contribution in [1.82, 2.24) is 10.2 Å². The van der Waals surface area contributed by atoms with E-state index in [-0.39, 0.29) is 30.3 Å². The molecule has 2 heterocycles. The molecule has 2 saturated heterocycles. The first-order valence-electron chi connectivity index (χ1n) is 8.75. The highest BCUT2D eigenvalue weighted by Crippen LogP contribution is 2.30. The zero-order valence-electron chi connectivity index (χ0n) is 14.2. The minimum atomic E-state index is -0.378. The van der Waals surface area contributed by atoms with Crippen LogP contribution in [0.1, 0.15) is 37.2 Å². The molecule has 0 bridgehead atoms. The molecular formula is C18H24N4O3. The van der Waals surface area contributed by atoms with Gasteiger partial charge in [-0.05, 0) is 42.9 Å². The predicted molar refractivity (Wildman–Crippen MR) is 93.8 cm³/mol. The number of amides is 3. The maximum absolute atomic E-state index is 11.9. The van der Waals surface area contributed by atoms with E-state index in [4.69, 9.17) is 5.73 Å². The lowest BCUT2D eigenvalue weighted by atomic mass is 9.89. The van der Waals surface area contributed by atoms with E-state index in [1.54, 1.807) is 0 Å². The van der Waals surface area contributed by atoms with Crippen LogP contribution >= 0.6 is 0 Å². The summed E-state index contributed by atoms with van der Waals surface area (Å²) < 4.78 is 0. The number of hydrogen-bond donors (Lipinski definition) is 3. The number of carbonyl (C=O) groups excluding carboxylic acids is 3. The molecule has 0 saturated carbocycles. The van der Waals surface area contributed by atoms with Gasteiger partial charge < -0.3 is 16.0 Å². The Morgan fingerprint density at radius 1 is 1.24 bits per heavy atom. The zero-order valence-corrected chi connectivity index (χ0v) is 14.2. The summed E-state index contributed by atoms with van der Waals surface area (Å²) in [7, 11) is 0. The van der Waals surface area contributed by atoms with Gasteiger partial charge in [0.15, 0.2) is 0 Å². The Morgan fingerprint density at radius 3 is 2.68 bits per heavy atom. The second-order valence-corrected chi connectivity index (χ2v) is 6.63. The van der Waals surface area contributed by atoms with Crippen LogP contribution in [0, 0.1) is 0 Å². The number of imide groups is 1. The molecule has 0 aliphatic carbocycles. The highest BCUT2D eigenvalue weighted by atomic mass is 16.2. The zero-order chi connectivity index (χ0) is 17.8. The third-order valence-electron chi connectivity index (χ3n) is 4.96. The van der Waals surface area contributed by atoms with Gasteiger partial charge in [0.25, 0.3) is 0 Å². The van der Waals surface area contributed by atoms with Crippen molar-refractivity contribution in [3.8, 4) is 0 Å². The largest absolute Gasteiger partial charge is 0.374 e. The smallest absolute Gasteiger partial charge is 0.249 e. The Morgan fingerprint density at radius 2 is 2.00 bits per heavy atom. The van der Waals surface area contributed by atoms with Crippen molar-refractivity contribution in [2.24, 2.45) is 5.73 Å². The van der Waals surface area contributed by atoms with Crippen molar-refractivity contribution in [3.05, 3.63) is 29.8 Å². The van der Waals surface area contributed by atoms with Gasteiger partial charge in [-0.3, -0.25) is 19.7 Å². The van der Waals surface area contributed by atoms with Crippen molar-refractivity contribution in [2.75, 3.05) is 25.0 Å². The maximum Gasteiger partial charge on any atom is 0.249 e. The van der Waals surface area contributed by atoms with Gasteiger partial charge in [0.05, 0.1) is 6.54 Å². The molecule has 2 aliphatic rings. The van der Waals surface area contributed by atoms with Crippen LogP contribution in [-0.4, -0.2) is 48.3 Å². The SMILES string of the molecule is NCC(=O)N1CCC(c2cccc(NC3CCC(=O)NC3=O)c2)CC1. The molecule has 2 aliphatic heterocycles. The van der Waals surface area contributed by atoms with E-state index < -0.39 is 0 Å². The van der Waals surface area contributed by atoms with E-state index in [0.29, 0.717) is 18.8 Å². The first-order chi connectivity index (χ1) is 12.1. The minimum Gasteiger partial charge on any atom is -0.374 e. The van der Waals surface area contributed by atoms with E-state index >= 15 is 0 Å². The van der Waals surface area contributed by atoms with Crippen LogP contribution < -0.4 is 16.4 Å². The van der Waals surface area contributed by atoms with Crippen LogP contribution in [0.25, 0.3) is 0 Å². The third kappa shape index (κ3) is 4.17. The van der Waals surface area contributed by atoms with E-state index in [2.05, 4.69) is 22.8 Å². The molecule has 1 aromatic carbocycles. The van der Waals surface area contributed by atoms with Gasteiger partial charge in [-0.15, -0.1) is 0 Å². The van der Waals surface area contributed by atoms with Gasteiger partial charge in [-0.25, -0.2) is 0 Å². The van der Waals surface area contributed by atoms with Gasteiger partial charge in [-0.2, -0.15) is 0 Å². The molecule has 25 heavy (non-hydrogen) atoms. The predicted octanol–water partition coefficient (Wildman–Crippen LogP) is 0.568. The van der Waals surface area contributed by atoms with Crippen molar-refractivity contribution in [1.29, 1.82) is 0 Å². The molecular weight excluding hydrogens is 320 g/mol. The second-order valence-electron chi connectivity index (χ2n) is 6.63. The normalized spacial score (nSPS) is 21.8. The maximum atomic E-state index is 11.9. The Labute approximate surface area is 146 Å². The molecule has 0 radical (unpaired) electrons.